The van der Waals surface area contributed by atoms with E-state index in [0.29, 0.717) is 0 Å². The van der Waals surface area contributed by atoms with Crippen molar-refractivity contribution in [1.82, 2.24) is 15.2 Å². The van der Waals surface area contributed by atoms with Crippen molar-refractivity contribution >= 4 is 11.3 Å². The third kappa shape index (κ3) is 3.27. The zero-order valence-corrected chi connectivity index (χ0v) is 11.0. The van der Waals surface area contributed by atoms with Crippen LogP contribution in [0.15, 0.2) is 5.38 Å². The summed E-state index contributed by atoms with van der Waals surface area (Å²) in [6, 6.07) is 0. The molecule has 1 aliphatic heterocycles. The Morgan fingerprint density at radius 1 is 1.50 bits per heavy atom. The van der Waals surface area contributed by atoms with Crippen molar-refractivity contribution in [2.75, 3.05) is 20.1 Å². The molecular formula is C12H21N3S. The lowest BCUT2D eigenvalue weighted by atomic mass is 9.99. The molecule has 90 valence electrons. The van der Waals surface area contributed by atoms with Gasteiger partial charge in [0.2, 0.25) is 0 Å². The molecule has 1 N–H and O–H groups in total. The van der Waals surface area contributed by atoms with Gasteiger partial charge in [-0.15, -0.1) is 11.3 Å². The van der Waals surface area contributed by atoms with Crippen molar-refractivity contribution in [1.29, 1.82) is 0 Å². The molecule has 16 heavy (non-hydrogen) atoms. The van der Waals surface area contributed by atoms with Crippen LogP contribution in [0.5, 0.6) is 0 Å². The first-order chi connectivity index (χ1) is 7.78. The average molecular weight is 239 g/mol. The van der Waals surface area contributed by atoms with Gasteiger partial charge in [0.05, 0.1) is 5.69 Å². The topological polar surface area (TPSA) is 28.2 Å². The monoisotopic (exact) mass is 239 g/mol. The maximum Gasteiger partial charge on any atom is 0.107 e. The lowest BCUT2D eigenvalue weighted by Gasteiger charge is -2.29. The molecule has 0 amide bonds. The van der Waals surface area contributed by atoms with Crippen LogP contribution in [-0.2, 0) is 13.1 Å². The fourth-order valence-corrected chi connectivity index (χ4v) is 2.90. The summed E-state index contributed by atoms with van der Waals surface area (Å²) in [5, 5.41) is 6.54. The number of rotatable bonds is 4. The predicted octanol–water partition coefficient (Wildman–Crippen LogP) is 2.09. The van der Waals surface area contributed by atoms with Gasteiger partial charge < -0.3 is 5.32 Å². The van der Waals surface area contributed by atoms with Gasteiger partial charge >= 0.3 is 0 Å². The summed E-state index contributed by atoms with van der Waals surface area (Å²) in [7, 11) is 1.97. The molecule has 1 aromatic heterocycles. The third-order valence-corrected chi connectivity index (χ3v) is 4.09. The van der Waals surface area contributed by atoms with Crippen LogP contribution >= 0.6 is 11.3 Å². The van der Waals surface area contributed by atoms with E-state index in [9.17, 15) is 0 Å². The largest absolute Gasteiger partial charge is 0.314 e. The highest BCUT2D eigenvalue weighted by Gasteiger charge is 2.16. The van der Waals surface area contributed by atoms with Crippen molar-refractivity contribution < 1.29 is 0 Å². The van der Waals surface area contributed by atoms with Gasteiger partial charge in [-0.05, 0) is 38.9 Å². The standard InChI is InChI=1S/C12H21N3S/c1-10-3-5-15(6-4-10)8-11-9-16-12(14-11)7-13-2/h9-10,13H,3-8H2,1-2H3. The number of nitrogens with one attached hydrogen (secondary N) is 1. The summed E-state index contributed by atoms with van der Waals surface area (Å²) in [4.78, 5) is 7.15. The van der Waals surface area contributed by atoms with Gasteiger partial charge in [-0.2, -0.15) is 0 Å². The number of hydrogen-bond donors (Lipinski definition) is 1. The number of thiazole rings is 1. The summed E-state index contributed by atoms with van der Waals surface area (Å²) in [6.07, 6.45) is 2.68. The molecule has 0 saturated carbocycles. The van der Waals surface area contributed by atoms with Gasteiger partial charge in [0.15, 0.2) is 0 Å². The maximum absolute atomic E-state index is 4.63. The molecule has 0 radical (unpaired) electrons. The second-order valence-corrected chi connectivity index (χ2v) is 5.66. The van der Waals surface area contributed by atoms with E-state index in [2.05, 4.69) is 27.5 Å². The average Bonchev–Trinajstić information content (AvgIpc) is 2.70. The van der Waals surface area contributed by atoms with Crippen LogP contribution in [0.3, 0.4) is 0 Å². The molecule has 1 aromatic rings. The van der Waals surface area contributed by atoms with Crippen molar-refractivity contribution in [3.05, 3.63) is 16.1 Å². The Labute approximate surface area is 102 Å². The minimum absolute atomic E-state index is 0.891. The Kier molecular flexibility index (Phi) is 4.32. The fourth-order valence-electron chi connectivity index (χ4n) is 2.10. The van der Waals surface area contributed by atoms with Crippen LogP contribution in [0.1, 0.15) is 30.5 Å². The fraction of sp³-hybridized carbons (Fsp3) is 0.750. The molecule has 1 fully saturated rings. The number of nitrogens with zero attached hydrogens (tertiary/aromatic N) is 2. The molecule has 4 heteroatoms. The Hall–Kier alpha value is -0.450. The molecule has 0 atom stereocenters. The lowest BCUT2D eigenvalue weighted by molar-refractivity contribution is 0.183. The van der Waals surface area contributed by atoms with Gasteiger partial charge in [-0.25, -0.2) is 4.98 Å². The van der Waals surface area contributed by atoms with Crippen LogP contribution < -0.4 is 5.32 Å². The van der Waals surface area contributed by atoms with E-state index in [0.717, 1.165) is 19.0 Å². The van der Waals surface area contributed by atoms with Crippen LogP contribution in [0.25, 0.3) is 0 Å². The van der Waals surface area contributed by atoms with Gasteiger partial charge in [0, 0.05) is 18.5 Å². The summed E-state index contributed by atoms with van der Waals surface area (Å²) < 4.78 is 0. The third-order valence-electron chi connectivity index (χ3n) is 3.19. The van der Waals surface area contributed by atoms with E-state index in [4.69, 9.17) is 0 Å². The first-order valence-corrected chi connectivity index (χ1v) is 6.96. The zero-order chi connectivity index (χ0) is 11.4. The first kappa shape index (κ1) is 12.0. The molecule has 0 aliphatic carbocycles. The summed E-state index contributed by atoms with van der Waals surface area (Å²) in [6.45, 7) is 6.75. The molecule has 0 aromatic carbocycles. The number of likely N-dealkylation sites (tertiary alicyclic amines) is 1. The van der Waals surface area contributed by atoms with Crippen molar-refractivity contribution in [2.24, 2.45) is 5.92 Å². The molecule has 1 saturated heterocycles. The normalized spacial score (nSPS) is 19.1. The van der Waals surface area contributed by atoms with Crippen LogP contribution in [-0.4, -0.2) is 30.0 Å². The minimum Gasteiger partial charge on any atom is -0.314 e. The van der Waals surface area contributed by atoms with Gasteiger partial charge in [0.25, 0.3) is 0 Å². The van der Waals surface area contributed by atoms with E-state index >= 15 is 0 Å². The van der Waals surface area contributed by atoms with E-state index in [1.807, 2.05) is 7.05 Å². The van der Waals surface area contributed by atoms with Gasteiger partial charge in [-0.3, -0.25) is 4.90 Å². The highest BCUT2D eigenvalue weighted by Crippen LogP contribution is 2.19. The molecule has 2 heterocycles. The van der Waals surface area contributed by atoms with Crippen LogP contribution in [0.4, 0.5) is 0 Å². The van der Waals surface area contributed by atoms with Crippen molar-refractivity contribution in [2.45, 2.75) is 32.9 Å². The highest BCUT2D eigenvalue weighted by atomic mass is 32.1. The van der Waals surface area contributed by atoms with E-state index < -0.39 is 0 Å². The Balaban J connectivity index is 1.83. The highest BCUT2D eigenvalue weighted by molar-refractivity contribution is 7.09. The maximum atomic E-state index is 4.63. The predicted molar refractivity (Wildman–Crippen MR) is 68.6 cm³/mol. The summed E-state index contributed by atoms with van der Waals surface area (Å²) in [5.74, 6) is 0.909. The molecule has 0 bridgehead atoms. The Bertz CT molecular complexity index is 316. The second kappa shape index (κ2) is 5.75. The SMILES string of the molecule is CNCc1nc(CN2CCC(C)CC2)cs1. The van der Waals surface area contributed by atoms with Gasteiger partial charge in [0.1, 0.15) is 5.01 Å². The number of aromatic nitrogens is 1. The van der Waals surface area contributed by atoms with Gasteiger partial charge in [-0.1, -0.05) is 6.92 Å². The molecule has 3 nitrogen and oxygen atoms in total. The second-order valence-electron chi connectivity index (χ2n) is 4.72. The smallest absolute Gasteiger partial charge is 0.107 e. The van der Waals surface area contributed by atoms with Crippen molar-refractivity contribution in [3.63, 3.8) is 0 Å². The zero-order valence-electron chi connectivity index (χ0n) is 10.2. The molecule has 0 unspecified atom stereocenters. The molecule has 0 spiro atoms. The van der Waals surface area contributed by atoms with E-state index in [1.165, 1.54) is 36.6 Å². The van der Waals surface area contributed by atoms with E-state index in [1.54, 1.807) is 11.3 Å². The molecule has 1 aliphatic rings. The van der Waals surface area contributed by atoms with Crippen LogP contribution in [0, 0.1) is 5.92 Å². The summed E-state index contributed by atoms with van der Waals surface area (Å²) >= 11 is 1.76. The van der Waals surface area contributed by atoms with Crippen molar-refractivity contribution in [3.8, 4) is 0 Å². The summed E-state index contributed by atoms with van der Waals surface area (Å²) in [5.41, 5.74) is 1.24. The minimum atomic E-state index is 0.891. The lowest BCUT2D eigenvalue weighted by Crippen LogP contribution is -2.32. The quantitative estimate of drug-likeness (QED) is 0.872. The molecular weight excluding hydrogens is 218 g/mol. The molecule has 2 rings (SSSR count). The first-order valence-electron chi connectivity index (χ1n) is 6.08. The number of hydrogen-bond acceptors (Lipinski definition) is 4. The Morgan fingerprint density at radius 3 is 2.94 bits per heavy atom. The number of piperidine rings is 1. The van der Waals surface area contributed by atoms with Crippen LogP contribution in [0.2, 0.25) is 0 Å². The van der Waals surface area contributed by atoms with E-state index in [-0.39, 0.29) is 0 Å². The Morgan fingerprint density at radius 2 is 2.25 bits per heavy atom.